The first-order valence-electron chi connectivity index (χ1n) is 7.69. The summed E-state index contributed by atoms with van der Waals surface area (Å²) in [6, 6.07) is 23.1. The van der Waals surface area contributed by atoms with Crippen LogP contribution in [0.5, 0.6) is 0 Å². The Bertz CT molecular complexity index is 925. The van der Waals surface area contributed by atoms with Gasteiger partial charge in [0.05, 0.1) is 4.88 Å². The smallest absolute Gasteiger partial charge is 0.262 e. The summed E-state index contributed by atoms with van der Waals surface area (Å²) in [5.74, 6) is 0.631. The standard InChI is InChI=1S/C20H15NO2S/c22-20(18-11-6-12-24-18)21-19(14-7-2-1-3-8-14)17-13-15-9-4-5-10-16(15)23-17/h1-13,19H,(H,21,22)/t19-/m1/s1. The fourth-order valence-corrected chi connectivity index (χ4v) is 3.35. The summed E-state index contributed by atoms with van der Waals surface area (Å²) in [4.78, 5) is 13.2. The zero-order chi connectivity index (χ0) is 16.4. The number of carbonyl (C=O) groups excluding carboxylic acids is 1. The third-order valence-electron chi connectivity index (χ3n) is 3.88. The zero-order valence-electron chi connectivity index (χ0n) is 12.8. The molecule has 4 rings (SSSR count). The molecule has 118 valence electrons. The molecule has 0 radical (unpaired) electrons. The number of thiophene rings is 1. The van der Waals surface area contributed by atoms with Crippen LogP contribution in [0.15, 0.2) is 82.6 Å². The number of rotatable bonds is 4. The normalized spacial score (nSPS) is 12.2. The quantitative estimate of drug-likeness (QED) is 0.570. The van der Waals surface area contributed by atoms with Crippen LogP contribution in [0.25, 0.3) is 11.0 Å². The molecule has 0 aliphatic carbocycles. The highest BCUT2D eigenvalue weighted by Crippen LogP contribution is 2.28. The van der Waals surface area contributed by atoms with Gasteiger partial charge in [0.1, 0.15) is 17.4 Å². The molecule has 0 aliphatic rings. The number of carbonyl (C=O) groups is 1. The van der Waals surface area contributed by atoms with E-state index in [1.54, 1.807) is 0 Å². The van der Waals surface area contributed by atoms with Crippen LogP contribution in [-0.4, -0.2) is 5.91 Å². The molecule has 24 heavy (non-hydrogen) atoms. The molecule has 0 saturated carbocycles. The Morgan fingerprint density at radius 2 is 1.75 bits per heavy atom. The summed E-state index contributed by atoms with van der Waals surface area (Å²) in [6.45, 7) is 0. The van der Waals surface area contributed by atoms with Crippen molar-refractivity contribution in [2.24, 2.45) is 0 Å². The Morgan fingerprint density at radius 1 is 0.958 bits per heavy atom. The summed E-state index contributed by atoms with van der Waals surface area (Å²) in [6.07, 6.45) is 0. The van der Waals surface area contributed by atoms with Gasteiger partial charge in [-0.25, -0.2) is 0 Å². The monoisotopic (exact) mass is 333 g/mol. The van der Waals surface area contributed by atoms with Gasteiger partial charge in [-0.15, -0.1) is 11.3 Å². The summed E-state index contributed by atoms with van der Waals surface area (Å²) in [5, 5.41) is 6.01. The van der Waals surface area contributed by atoms with E-state index in [0.717, 1.165) is 22.3 Å². The topological polar surface area (TPSA) is 42.2 Å². The van der Waals surface area contributed by atoms with Gasteiger partial charge in [0.25, 0.3) is 5.91 Å². The number of amides is 1. The van der Waals surface area contributed by atoms with Gasteiger partial charge < -0.3 is 9.73 Å². The van der Waals surface area contributed by atoms with Gasteiger partial charge in [-0.3, -0.25) is 4.79 Å². The molecule has 4 heteroatoms. The van der Waals surface area contributed by atoms with Crippen LogP contribution >= 0.6 is 11.3 Å². The van der Waals surface area contributed by atoms with E-state index in [1.807, 2.05) is 78.2 Å². The van der Waals surface area contributed by atoms with Crippen LogP contribution < -0.4 is 5.32 Å². The number of hydrogen-bond acceptors (Lipinski definition) is 3. The van der Waals surface area contributed by atoms with Crippen molar-refractivity contribution in [1.29, 1.82) is 0 Å². The van der Waals surface area contributed by atoms with Gasteiger partial charge in [0.2, 0.25) is 0 Å². The number of hydrogen-bond donors (Lipinski definition) is 1. The lowest BCUT2D eigenvalue weighted by Crippen LogP contribution is -2.28. The molecule has 2 aromatic carbocycles. The second-order valence-electron chi connectivity index (χ2n) is 5.48. The van der Waals surface area contributed by atoms with E-state index in [9.17, 15) is 4.79 Å². The predicted octanol–water partition coefficient (Wildman–Crippen LogP) is 5.01. The third kappa shape index (κ3) is 2.84. The van der Waals surface area contributed by atoms with Crippen molar-refractivity contribution in [3.63, 3.8) is 0 Å². The van der Waals surface area contributed by atoms with Crippen LogP contribution in [-0.2, 0) is 0 Å². The molecule has 0 unspecified atom stereocenters. The highest BCUT2D eigenvalue weighted by molar-refractivity contribution is 7.12. The van der Waals surface area contributed by atoms with E-state index >= 15 is 0 Å². The van der Waals surface area contributed by atoms with Crippen LogP contribution in [0.3, 0.4) is 0 Å². The Balaban J connectivity index is 1.74. The lowest BCUT2D eigenvalue weighted by Gasteiger charge is -2.16. The van der Waals surface area contributed by atoms with E-state index < -0.39 is 0 Å². The molecule has 0 fully saturated rings. The molecule has 2 aromatic heterocycles. The molecular formula is C20H15NO2S. The maximum Gasteiger partial charge on any atom is 0.262 e. The first-order chi connectivity index (χ1) is 11.8. The molecule has 0 aliphatic heterocycles. The summed E-state index contributed by atoms with van der Waals surface area (Å²) in [7, 11) is 0. The van der Waals surface area contributed by atoms with Crippen molar-refractivity contribution >= 4 is 28.2 Å². The molecular weight excluding hydrogens is 318 g/mol. The van der Waals surface area contributed by atoms with Crippen molar-refractivity contribution in [1.82, 2.24) is 5.32 Å². The van der Waals surface area contributed by atoms with Gasteiger partial charge in [-0.2, -0.15) is 0 Å². The van der Waals surface area contributed by atoms with Crippen molar-refractivity contribution in [3.8, 4) is 0 Å². The fourth-order valence-electron chi connectivity index (χ4n) is 2.72. The van der Waals surface area contributed by atoms with Gasteiger partial charge in [0.15, 0.2) is 0 Å². The fraction of sp³-hybridized carbons (Fsp3) is 0.0500. The van der Waals surface area contributed by atoms with Crippen molar-refractivity contribution < 1.29 is 9.21 Å². The van der Waals surface area contributed by atoms with Crippen molar-refractivity contribution in [2.45, 2.75) is 6.04 Å². The van der Waals surface area contributed by atoms with E-state index in [1.165, 1.54) is 11.3 Å². The molecule has 1 amide bonds. The Morgan fingerprint density at radius 3 is 2.50 bits per heavy atom. The Kier molecular flexibility index (Phi) is 3.89. The molecule has 1 atom stereocenters. The summed E-state index contributed by atoms with van der Waals surface area (Å²) < 4.78 is 5.99. The first kappa shape index (κ1) is 14.7. The molecule has 0 saturated heterocycles. The Labute approximate surface area is 143 Å². The van der Waals surface area contributed by atoms with Crippen LogP contribution in [0.4, 0.5) is 0 Å². The number of furan rings is 1. The second kappa shape index (κ2) is 6.34. The average Bonchev–Trinajstić information content (AvgIpc) is 3.29. The van der Waals surface area contributed by atoms with Crippen LogP contribution in [0, 0.1) is 0 Å². The highest BCUT2D eigenvalue weighted by atomic mass is 32.1. The molecule has 3 nitrogen and oxygen atoms in total. The number of nitrogens with one attached hydrogen (secondary N) is 1. The maximum atomic E-state index is 12.5. The maximum absolute atomic E-state index is 12.5. The molecule has 2 heterocycles. The lowest BCUT2D eigenvalue weighted by molar-refractivity contribution is 0.0943. The second-order valence-corrected chi connectivity index (χ2v) is 6.43. The largest absolute Gasteiger partial charge is 0.459 e. The number of para-hydroxylation sites is 1. The summed E-state index contributed by atoms with van der Waals surface area (Å²) in [5.41, 5.74) is 1.81. The minimum atomic E-state index is -0.326. The van der Waals surface area contributed by atoms with Gasteiger partial charge >= 0.3 is 0 Å². The zero-order valence-corrected chi connectivity index (χ0v) is 13.6. The lowest BCUT2D eigenvalue weighted by atomic mass is 10.0. The minimum Gasteiger partial charge on any atom is -0.459 e. The van der Waals surface area contributed by atoms with E-state index in [0.29, 0.717) is 4.88 Å². The third-order valence-corrected chi connectivity index (χ3v) is 4.75. The van der Waals surface area contributed by atoms with Gasteiger partial charge in [-0.05, 0) is 29.1 Å². The highest BCUT2D eigenvalue weighted by Gasteiger charge is 2.21. The van der Waals surface area contributed by atoms with E-state index in [4.69, 9.17) is 4.42 Å². The van der Waals surface area contributed by atoms with Gasteiger partial charge in [0, 0.05) is 5.39 Å². The summed E-state index contributed by atoms with van der Waals surface area (Å²) >= 11 is 1.43. The number of benzene rings is 2. The number of fused-ring (bicyclic) bond motifs is 1. The Hall–Kier alpha value is -2.85. The molecule has 0 bridgehead atoms. The van der Waals surface area contributed by atoms with E-state index in [2.05, 4.69) is 5.32 Å². The van der Waals surface area contributed by atoms with E-state index in [-0.39, 0.29) is 11.9 Å². The first-order valence-corrected chi connectivity index (χ1v) is 8.57. The van der Waals surface area contributed by atoms with Crippen LogP contribution in [0.2, 0.25) is 0 Å². The molecule has 0 spiro atoms. The van der Waals surface area contributed by atoms with Crippen molar-refractivity contribution in [2.75, 3.05) is 0 Å². The predicted molar refractivity (Wildman–Crippen MR) is 96.3 cm³/mol. The SMILES string of the molecule is O=C(N[C@H](c1ccccc1)c1cc2ccccc2o1)c1cccs1. The van der Waals surface area contributed by atoms with Gasteiger partial charge in [-0.1, -0.05) is 54.6 Å². The van der Waals surface area contributed by atoms with Crippen LogP contribution in [0.1, 0.15) is 27.0 Å². The average molecular weight is 333 g/mol. The minimum absolute atomic E-state index is 0.0979. The van der Waals surface area contributed by atoms with Crippen molar-refractivity contribution in [3.05, 3.63) is 94.4 Å². The molecule has 4 aromatic rings. The molecule has 1 N–H and O–H groups in total.